The molecule has 0 bridgehead atoms. The summed E-state index contributed by atoms with van der Waals surface area (Å²) in [6, 6.07) is 18.4. The van der Waals surface area contributed by atoms with Crippen LogP contribution in [-0.4, -0.2) is 48.2 Å². The summed E-state index contributed by atoms with van der Waals surface area (Å²) in [6.07, 6.45) is -0.747. The summed E-state index contributed by atoms with van der Waals surface area (Å²) in [6.45, 7) is 12.6. The van der Waals surface area contributed by atoms with Crippen molar-refractivity contribution in [3.8, 4) is 17.6 Å². The number of nitriles is 1. The third-order valence-corrected chi connectivity index (χ3v) is 6.03. The first-order valence-corrected chi connectivity index (χ1v) is 15.0. The van der Waals surface area contributed by atoms with E-state index in [1.165, 1.54) is 6.07 Å². The third-order valence-electron chi connectivity index (χ3n) is 6.03. The van der Waals surface area contributed by atoms with Gasteiger partial charge in [-0.25, -0.2) is 9.59 Å². The molecule has 0 aliphatic heterocycles. The van der Waals surface area contributed by atoms with Crippen molar-refractivity contribution in [2.24, 2.45) is 0 Å². The van der Waals surface area contributed by atoms with Crippen LogP contribution in [0.1, 0.15) is 75.5 Å². The highest BCUT2D eigenvalue weighted by molar-refractivity contribution is 6.09. The summed E-state index contributed by atoms with van der Waals surface area (Å²) in [5.41, 5.74) is 1.07. The van der Waals surface area contributed by atoms with Crippen molar-refractivity contribution in [1.29, 1.82) is 10.7 Å². The van der Waals surface area contributed by atoms with Crippen molar-refractivity contribution in [3.05, 3.63) is 82.9 Å². The van der Waals surface area contributed by atoms with Crippen molar-refractivity contribution >= 4 is 35.2 Å². The van der Waals surface area contributed by atoms with Crippen LogP contribution in [0.3, 0.4) is 0 Å². The highest BCUT2D eigenvalue weighted by Gasteiger charge is 2.21. The Balaban J connectivity index is 1.77. The van der Waals surface area contributed by atoms with Gasteiger partial charge in [-0.3, -0.25) is 15.5 Å². The van der Waals surface area contributed by atoms with Gasteiger partial charge >= 0.3 is 12.1 Å². The van der Waals surface area contributed by atoms with E-state index in [2.05, 4.69) is 22.0 Å². The van der Waals surface area contributed by atoms with Crippen LogP contribution in [0, 0.1) is 16.7 Å². The molecular formula is C35H41N5O7. The second-order valence-corrected chi connectivity index (χ2v) is 12.3. The topological polar surface area (TPSA) is 172 Å². The second-order valence-electron chi connectivity index (χ2n) is 12.3. The molecule has 248 valence electrons. The minimum Gasteiger partial charge on any atom is -0.490 e. The van der Waals surface area contributed by atoms with Crippen LogP contribution in [0.4, 0.5) is 16.2 Å². The lowest BCUT2D eigenvalue weighted by molar-refractivity contribution is -0.157. The summed E-state index contributed by atoms with van der Waals surface area (Å²) in [5.74, 6) is -0.361. The number of nitrogens with zero attached hydrogens (tertiary/aromatic N) is 1. The molecule has 0 heterocycles. The highest BCUT2D eigenvalue weighted by Crippen LogP contribution is 2.33. The SMILES string of the molecule is CCOc1cccc(CNc2ccc(C#N)cc2C(=O)Nc2ccc(C(=N)NC(=O)OC(C)(C)C)cc2)c1OCC(=O)OC(C)(C)C. The number of amidine groups is 1. The van der Waals surface area contributed by atoms with E-state index in [4.69, 9.17) is 24.4 Å². The molecule has 3 aromatic rings. The molecule has 47 heavy (non-hydrogen) atoms. The van der Waals surface area contributed by atoms with Gasteiger partial charge in [0.15, 0.2) is 18.1 Å². The van der Waals surface area contributed by atoms with E-state index in [1.807, 2.05) is 6.92 Å². The van der Waals surface area contributed by atoms with E-state index in [0.717, 1.165) is 0 Å². The van der Waals surface area contributed by atoms with Gasteiger partial charge in [0, 0.05) is 29.0 Å². The Morgan fingerprint density at radius 2 is 1.57 bits per heavy atom. The van der Waals surface area contributed by atoms with E-state index in [9.17, 15) is 19.6 Å². The van der Waals surface area contributed by atoms with Gasteiger partial charge in [0.2, 0.25) is 0 Å². The molecule has 0 fully saturated rings. The number of nitrogens with one attached hydrogen (secondary N) is 4. The number of carbonyl (C=O) groups is 3. The fourth-order valence-electron chi connectivity index (χ4n) is 4.18. The molecule has 4 N–H and O–H groups in total. The maximum Gasteiger partial charge on any atom is 0.413 e. The van der Waals surface area contributed by atoms with Crippen LogP contribution in [0.25, 0.3) is 0 Å². The second kappa shape index (κ2) is 15.6. The number of alkyl carbamates (subject to hydrolysis) is 1. The van der Waals surface area contributed by atoms with E-state index in [0.29, 0.717) is 40.6 Å². The summed E-state index contributed by atoms with van der Waals surface area (Å²) < 4.78 is 22.2. The molecule has 0 aliphatic carbocycles. The molecule has 2 amide bonds. The average molecular weight is 644 g/mol. The molecule has 0 spiro atoms. The zero-order chi connectivity index (χ0) is 34.8. The summed E-state index contributed by atoms with van der Waals surface area (Å²) in [4.78, 5) is 37.8. The molecule has 0 saturated heterocycles. The first-order valence-electron chi connectivity index (χ1n) is 15.0. The molecule has 3 rings (SSSR count). The van der Waals surface area contributed by atoms with Gasteiger partial charge in [0.25, 0.3) is 5.91 Å². The monoisotopic (exact) mass is 643 g/mol. The van der Waals surface area contributed by atoms with Crippen molar-refractivity contribution in [1.82, 2.24) is 5.32 Å². The summed E-state index contributed by atoms with van der Waals surface area (Å²) in [7, 11) is 0. The Bertz CT molecular complexity index is 1650. The lowest BCUT2D eigenvalue weighted by atomic mass is 10.1. The van der Waals surface area contributed by atoms with Gasteiger partial charge in [-0.15, -0.1) is 0 Å². The van der Waals surface area contributed by atoms with E-state index in [-0.39, 0.29) is 30.1 Å². The Kier molecular flexibility index (Phi) is 11.9. The molecular weight excluding hydrogens is 602 g/mol. The Labute approximate surface area is 274 Å². The smallest absolute Gasteiger partial charge is 0.413 e. The maximum absolute atomic E-state index is 13.4. The number of ether oxygens (including phenoxy) is 4. The zero-order valence-corrected chi connectivity index (χ0v) is 27.7. The van der Waals surface area contributed by atoms with Crippen LogP contribution in [0.2, 0.25) is 0 Å². The van der Waals surface area contributed by atoms with Gasteiger partial charge in [0.1, 0.15) is 17.0 Å². The van der Waals surface area contributed by atoms with E-state index in [1.54, 1.807) is 96.1 Å². The standard InChI is InChI=1S/C35H41N5O7/c1-8-44-28-11-9-10-24(30(28)45-21-29(41)46-34(2,3)4)20-38-27-17-12-22(19-36)18-26(27)32(42)39-25-15-13-23(14-16-25)31(37)40-33(43)47-35(5,6)7/h9-18,38H,8,20-21H2,1-7H3,(H,39,42)(H2,37,40,43). The van der Waals surface area contributed by atoms with E-state index < -0.39 is 29.2 Å². The maximum atomic E-state index is 13.4. The van der Waals surface area contributed by atoms with E-state index >= 15 is 0 Å². The van der Waals surface area contributed by atoms with Crippen LogP contribution in [0.5, 0.6) is 11.5 Å². The number of rotatable bonds is 11. The van der Waals surface area contributed by atoms with Gasteiger partial charge < -0.3 is 29.6 Å². The van der Waals surface area contributed by atoms with Crippen molar-refractivity contribution < 1.29 is 33.3 Å². The Hall–Kier alpha value is -5.57. The Morgan fingerprint density at radius 1 is 0.894 bits per heavy atom. The van der Waals surface area contributed by atoms with Crippen molar-refractivity contribution in [2.45, 2.75) is 66.2 Å². The van der Waals surface area contributed by atoms with Crippen LogP contribution < -0.4 is 25.4 Å². The fraction of sp³-hybridized carbons (Fsp3) is 0.343. The minimum absolute atomic E-state index is 0.159. The molecule has 3 aromatic carbocycles. The minimum atomic E-state index is -0.747. The van der Waals surface area contributed by atoms with Gasteiger partial charge in [-0.05, 0) is 97.0 Å². The molecule has 0 unspecified atom stereocenters. The quantitative estimate of drug-likeness (QED) is 0.105. The summed E-state index contributed by atoms with van der Waals surface area (Å²) in [5, 5.41) is 26.1. The molecule has 0 aromatic heterocycles. The number of benzene rings is 3. The largest absolute Gasteiger partial charge is 0.490 e. The third kappa shape index (κ3) is 11.4. The predicted molar refractivity (Wildman–Crippen MR) is 178 cm³/mol. The number of hydrogen-bond donors (Lipinski definition) is 4. The number of hydrogen-bond acceptors (Lipinski definition) is 10. The first-order chi connectivity index (χ1) is 22.1. The molecule has 0 radical (unpaired) electrons. The van der Waals surface area contributed by atoms with Crippen molar-refractivity contribution in [2.75, 3.05) is 23.8 Å². The highest BCUT2D eigenvalue weighted by atomic mass is 16.6. The fourth-order valence-corrected chi connectivity index (χ4v) is 4.18. The Morgan fingerprint density at radius 3 is 2.19 bits per heavy atom. The molecule has 0 saturated carbocycles. The number of para-hydroxylation sites is 1. The predicted octanol–water partition coefficient (Wildman–Crippen LogP) is 6.39. The molecule has 0 atom stereocenters. The van der Waals surface area contributed by atoms with Crippen molar-refractivity contribution in [3.63, 3.8) is 0 Å². The average Bonchev–Trinajstić information content (AvgIpc) is 2.98. The molecule has 12 nitrogen and oxygen atoms in total. The normalized spacial score (nSPS) is 11.0. The number of amides is 2. The van der Waals surface area contributed by atoms with Gasteiger partial charge in [-0.2, -0.15) is 5.26 Å². The molecule has 0 aliphatic rings. The van der Waals surface area contributed by atoms with Gasteiger partial charge in [-0.1, -0.05) is 12.1 Å². The lowest BCUT2D eigenvalue weighted by Crippen LogP contribution is -2.36. The number of carbonyl (C=O) groups excluding carboxylic acids is 3. The first kappa shape index (κ1) is 35.9. The van der Waals surface area contributed by atoms with Gasteiger partial charge in [0.05, 0.1) is 23.8 Å². The molecule has 12 heteroatoms. The summed E-state index contributed by atoms with van der Waals surface area (Å²) >= 11 is 0. The number of anilines is 2. The number of esters is 1. The lowest BCUT2D eigenvalue weighted by Gasteiger charge is -2.21. The van der Waals surface area contributed by atoms with Crippen LogP contribution >= 0.6 is 0 Å². The van der Waals surface area contributed by atoms with Crippen LogP contribution in [0.15, 0.2) is 60.7 Å². The van der Waals surface area contributed by atoms with Crippen LogP contribution in [-0.2, 0) is 20.8 Å². The zero-order valence-electron chi connectivity index (χ0n) is 27.7.